The fourth-order valence-corrected chi connectivity index (χ4v) is 3.26. The number of hydrogen-bond acceptors (Lipinski definition) is 4. The monoisotopic (exact) mass is 563 g/mol. The third-order valence-electron chi connectivity index (χ3n) is 4.93. The first-order chi connectivity index (χ1) is 15.7. The first-order valence-electron chi connectivity index (χ1n) is 11.0. The largest absolute Gasteiger partial charge is 0.491 e. The van der Waals surface area contributed by atoms with Gasteiger partial charge in [-0.1, -0.05) is 42.5 Å². The van der Waals surface area contributed by atoms with Crippen molar-refractivity contribution < 1.29 is 9.47 Å². The Labute approximate surface area is 213 Å². The quantitative estimate of drug-likeness (QED) is 0.159. The number of hydrogen-bond donors (Lipinski definition) is 2. The molecule has 0 aliphatic heterocycles. The number of halogens is 1. The maximum absolute atomic E-state index is 5.89. The number of nitrogens with one attached hydrogen (secondary N) is 2. The topological polar surface area (TPSA) is 72.7 Å². The number of ether oxygens (including phenoxy) is 2. The van der Waals surface area contributed by atoms with Gasteiger partial charge in [0.2, 0.25) is 0 Å². The zero-order valence-corrected chi connectivity index (χ0v) is 21.9. The van der Waals surface area contributed by atoms with Crippen molar-refractivity contribution in [3.8, 4) is 5.75 Å². The van der Waals surface area contributed by atoms with Crippen molar-refractivity contribution in [3.63, 3.8) is 0 Å². The minimum atomic E-state index is 0. The van der Waals surface area contributed by atoms with E-state index < -0.39 is 0 Å². The van der Waals surface area contributed by atoms with E-state index in [0.717, 1.165) is 41.7 Å². The number of benzene rings is 2. The van der Waals surface area contributed by atoms with E-state index in [1.807, 2.05) is 24.5 Å². The lowest BCUT2D eigenvalue weighted by Gasteiger charge is -2.14. The molecule has 2 N–H and O–H groups in total. The molecule has 0 spiro atoms. The van der Waals surface area contributed by atoms with Gasteiger partial charge in [0.05, 0.1) is 19.7 Å². The molecule has 3 aromatic rings. The van der Waals surface area contributed by atoms with Crippen LogP contribution in [-0.2, 0) is 24.4 Å². The van der Waals surface area contributed by atoms with Crippen LogP contribution in [0.15, 0.2) is 65.9 Å². The lowest BCUT2D eigenvalue weighted by atomic mass is 10.1. The summed E-state index contributed by atoms with van der Waals surface area (Å²) in [6, 6.07) is 16.6. The Kier molecular flexibility index (Phi) is 11.7. The number of imidazole rings is 1. The highest BCUT2D eigenvalue weighted by atomic mass is 127. The molecule has 0 saturated carbocycles. The third kappa shape index (κ3) is 8.70. The second kappa shape index (κ2) is 14.5. The summed E-state index contributed by atoms with van der Waals surface area (Å²) in [5.41, 5.74) is 3.43. The van der Waals surface area contributed by atoms with Gasteiger partial charge < -0.3 is 24.7 Å². The summed E-state index contributed by atoms with van der Waals surface area (Å²) in [4.78, 5) is 9.28. The van der Waals surface area contributed by atoms with Crippen LogP contribution in [0.2, 0.25) is 0 Å². The van der Waals surface area contributed by atoms with Crippen molar-refractivity contribution in [2.75, 3.05) is 26.9 Å². The SMILES string of the molecule is CCNC(=NCc1ccc(C)cc1OCCOC)NCc1nccn1Cc1ccccc1.I. The molecule has 7 nitrogen and oxygen atoms in total. The van der Waals surface area contributed by atoms with E-state index in [0.29, 0.717) is 26.3 Å². The van der Waals surface area contributed by atoms with Crippen LogP contribution in [0.5, 0.6) is 5.75 Å². The lowest BCUT2D eigenvalue weighted by molar-refractivity contribution is 0.145. The number of aromatic nitrogens is 2. The molecule has 0 unspecified atom stereocenters. The highest BCUT2D eigenvalue weighted by Crippen LogP contribution is 2.21. The van der Waals surface area contributed by atoms with Gasteiger partial charge in [-0.25, -0.2) is 9.98 Å². The predicted molar refractivity (Wildman–Crippen MR) is 143 cm³/mol. The molecule has 1 heterocycles. The number of aryl methyl sites for hydroxylation is 1. The van der Waals surface area contributed by atoms with Crippen LogP contribution in [-0.4, -0.2) is 42.4 Å². The van der Waals surface area contributed by atoms with Crippen LogP contribution in [0.3, 0.4) is 0 Å². The van der Waals surface area contributed by atoms with Gasteiger partial charge in [0.1, 0.15) is 18.2 Å². The molecule has 0 amide bonds. The van der Waals surface area contributed by atoms with Crippen molar-refractivity contribution in [1.82, 2.24) is 20.2 Å². The van der Waals surface area contributed by atoms with Crippen molar-refractivity contribution in [2.24, 2.45) is 4.99 Å². The average molecular weight is 563 g/mol. The summed E-state index contributed by atoms with van der Waals surface area (Å²) in [6.45, 7) is 7.83. The maximum Gasteiger partial charge on any atom is 0.191 e. The third-order valence-corrected chi connectivity index (χ3v) is 4.93. The molecule has 0 saturated heterocycles. The highest BCUT2D eigenvalue weighted by Gasteiger charge is 2.07. The summed E-state index contributed by atoms with van der Waals surface area (Å²) in [6.07, 6.45) is 3.84. The summed E-state index contributed by atoms with van der Waals surface area (Å²) in [5.74, 6) is 2.55. The molecule has 3 rings (SSSR count). The second-order valence-electron chi connectivity index (χ2n) is 7.46. The smallest absolute Gasteiger partial charge is 0.191 e. The maximum atomic E-state index is 5.89. The summed E-state index contributed by atoms with van der Waals surface area (Å²) >= 11 is 0. The van der Waals surface area contributed by atoms with Crippen LogP contribution >= 0.6 is 24.0 Å². The van der Waals surface area contributed by atoms with Crippen molar-refractivity contribution >= 4 is 29.9 Å². The molecule has 0 atom stereocenters. The van der Waals surface area contributed by atoms with E-state index in [2.05, 4.69) is 70.4 Å². The number of aliphatic imine (C=N–C) groups is 1. The minimum Gasteiger partial charge on any atom is -0.491 e. The fraction of sp³-hybridized carbons (Fsp3) is 0.360. The normalized spacial score (nSPS) is 11.1. The Morgan fingerprint density at radius 2 is 1.91 bits per heavy atom. The lowest BCUT2D eigenvalue weighted by Crippen LogP contribution is -2.37. The Morgan fingerprint density at radius 3 is 2.67 bits per heavy atom. The molecule has 33 heavy (non-hydrogen) atoms. The Bertz CT molecular complexity index is 991. The Morgan fingerprint density at radius 1 is 1.09 bits per heavy atom. The number of methoxy groups -OCH3 is 1. The van der Waals surface area contributed by atoms with Gasteiger partial charge in [0.25, 0.3) is 0 Å². The van der Waals surface area contributed by atoms with Gasteiger partial charge in [-0.3, -0.25) is 0 Å². The summed E-state index contributed by atoms with van der Waals surface area (Å²) in [7, 11) is 1.67. The van der Waals surface area contributed by atoms with E-state index in [-0.39, 0.29) is 24.0 Å². The van der Waals surface area contributed by atoms with E-state index >= 15 is 0 Å². The predicted octanol–water partition coefficient (Wildman–Crippen LogP) is 4.14. The molecular formula is C25H34IN5O2. The van der Waals surface area contributed by atoms with E-state index in [4.69, 9.17) is 14.5 Å². The highest BCUT2D eigenvalue weighted by molar-refractivity contribution is 14.0. The Balaban J connectivity index is 0.00000385. The van der Waals surface area contributed by atoms with Crippen molar-refractivity contribution in [2.45, 2.75) is 33.5 Å². The van der Waals surface area contributed by atoms with E-state index in [1.54, 1.807) is 7.11 Å². The molecule has 0 aliphatic rings. The molecule has 8 heteroatoms. The second-order valence-corrected chi connectivity index (χ2v) is 7.46. The van der Waals surface area contributed by atoms with Crippen LogP contribution in [0.4, 0.5) is 0 Å². The molecule has 0 radical (unpaired) electrons. The van der Waals surface area contributed by atoms with E-state index in [9.17, 15) is 0 Å². The van der Waals surface area contributed by atoms with Crippen LogP contribution in [0.25, 0.3) is 0 Å². The molecule has 1 aromatic heterocycles. The van der Waals surface area contributed by atoms with Gasteiger partial charge in [0.15, 0.2) is 5.96 Å². The van der Waals surface area contributed by atoms with E-state index in [1.165, 1.54) is 5.56 Å². The van der Waals surface area contributed by atoms with Gasteiger partial charge in [0, 0.05) is 38.2 Å². The van der Waals surface area contributed by atoms with Crippen molar-refractivity contribution in [3.05, 3.63) is 83.4 Å². The first-order valence-corrected chi connectivity index (χ1v) is 11.0. The molecule has 0 fully saturated rings. The molecule has 178 valence electrons. The van der Waals surface area contributed by atoms with Gasteiger partial charge >= 0.3 is 0 Å². The van der Waals surface area contributed by atoms with Gasteiger partial charge in [-0.2, -0.15) is 0 Å². The van der Waals surface area contributed by atoms with Gasteiger partial charge in [-0.15, -0.1) is 24.0 Å². The molecule has 2 aromatic carbocycles. The average Bonchev–Trinajstić information content (AvgIpc) is 3.24. The van der Waals surface area contributed by atoms with Crippen LogP contribution < -0.4 is 15.4 Å². The van der Waals surface area contributed by atoms with Crippen molar-refractivity contribution in [1.29, 1.82) is 0 Å². The number of rotatable bonds is 11. The minimum absolute atomic E-state index is 0. The Hall–Kier alpha value is -2.59. The zero-order valence-electron chi connectivity index (χ0n) is 19.6. The van der Waals surface area contributed by atoms with Crippen LogP contribution in [0, 0.1) is 6.92 Å². The summed E-state index contributed by atoms with van der Waals surface area (Å²) in [5, 5.41) is 6.71. The number of nitrogens with zero attached hydrogens (tertiary/aromatic N) is 3. The fourth-order valence-electron chi connectivity index (χ4n) is 3.26. The number of guanidine groups is 1. The summed E-state index contributed by atoms with van der Waals surface area (Å²) < 4.78 is 13.1. The molecular weight excluding hydrogens is 529 g/mol. The van der Waals surface area contributed by atoms with Gasteiger partial charge in [-0.05, 0) is 31.0 Å². The standard InChI is InChI=1S/C25H33N5O2.HI/c1-4-26-25(28-17-22-11-10-20(2)16-23(22)32-15-14-31-3)29-18-24-27-12-13-30(24)19-21-8-6-5-7-9-21;/h5-13,16H,4,14-15,17-19H2,1-3H3,(H2,26,28,29);1H. The molecule has 0 aliphatic carbocycles. The van der Waals surface area contributed by atoms with Crippen LogP contribution in [0.1, 0.15) is 29.4 Å². The molecule has 0 bridgehead atoms. The first kappa shape index (κ1) is 26.7. The zero-order chi connectivity index (χ0) is 22.6.